The Morgan fingerprint density at radius 3 is 2.77 bits per heavy atom. The Hall–Kier alpha value is -2.00. The van der Waals surface area contributed by atoms with Crippen LogP contribution in [0.4, 0.5) is 11.4 Å². The predicted molar refractivity (Wildman–Crippen MR) is 91.5 cm³/mol. The van der Waals surface area contributed by atoms with E-state index in [0.29, 0.717) is 11.4 Å². The van der Waals surface area contributed by atoms with Crippen LogP contribution in [0.25, 0.3) is 0 Å². The van der Waals surface area contributed by atoms with Gasteiger partial charge >= 0.3 is 0 Å². The van der Waals surface area contributed by atoms with Crippen molar-refractivity contribution in [2.75, 3.05) is 10.6 Å². The second-order valence-electron chi connectivity index (χ2n) is 5.60. The van der Waals surface area contributed by atoms with Gasteiger partial charge in [-0.15, -0.1) is 0 Å². The Kier molecular flexibility index (Phi) is 4.34. The highest BCUT2D eigenvalue weighted by Crippen LogP contribution is 2.36. The maximum atomic E-state index is 11.7. The van der Waals surface area contributed by atoms with Gasteiger partial charge in [0.05, 0.1) is 12.5 Å². The molecule has 0 saturated heterocycles. The first-order valence-electron chi connectivity index (χ1n) is 7.61. The molecule has 1 amide bonds. The second kappa shape index (κ2) is 6.41. The number of rotatable bonds is 5. The molecule has 3 rings (SSSR count). The van der Waals surface area contributed by atoms with Gasteiger partial charge in [0.15, 0.2) is 0 Å². The van der Waals surface area contributed by atoms with Crippen molar-refractivity contribution in [1.29, 1.82) is 0 Å². The molecular weight excluding hydrogens is 296 g/mol. The molecule has 0 spiro atoms. The van der Waals surface area contributed by atoms with Gasteiger partial charge in [0, 0.05) is 22.0 Å². The van der Waals surface area contributed by atoms with Crippen LogP contribution in [0.2, 0.25) is 5.02 Å². The van der Waals surface area contributed by atoms with Crippen molar-refractivity contribution < 1.29 is 4.79 Å². The average Bonchev–Trinajstić information content (AvgIpc) is 2.88. The van der Waals surface area contributed by atoms with E-state index in [4.69, 9.17) is 11.6 Å². The molecule has 0 saturated carbocycles. The summed E-state index contributed by atoms with van der Waals surface area (Å²) in [4.78, 5) is 11.7. The number of hydrogen-bond donors (Lipinski definition) is 2. The number of carbonyl (C=O) groups is 1. The third kappa shape index (κ3) is 3.09. The van der Waals surface area contributed by atoms with Crippen LogP contribution in [-0.4, -0.2) is 5.91 Å². The zero-order valence-corrected chi connectivity index (χ0v) is 13.3. The largest absolute Gasteiger partial charge is 0.378 e. The number of anilines is 2. The monoisotopic (exact) mass is 314 g/mol. The maximum absolute atomic E-state index is 11.7. The van der Waals surface area contributed by atoms with E-state index in [1.54, 1.807) is 0 Å². The summed E-state index contributed by atoms with van der Waals surface area (Å²) in [5.41, 5.74) is 4.02. The fraction of sp³-hybridized carbons (Fsp3) is 0.278. The molecule has 3 nitrogen and oxygen atoms in total. The van der Waals surface area contributed by atoms with Crippen LogP contribution in [0.15, 0.2) is 42.5 Å². The first-order valence-corrected chi connectivity index (χ1v) is 7.99. The summed E-state index contributed by atoms with van der Waals surface area (Å²) < 4.78 is 0. The minimum absolute atomic E-state index is 0.0204. The highest BCUT2D eigenvalue weighted by atomic mass is 35.5. The minimum atomic E-state index is 0.0204. The molecule has 2 N–H and O–H groups in total. The zero-order valence-electron chi connectivity index (χ0n) is 12.5. The van der Waals surface area contributed by atoms with E-state index in [2.05, 4.69) is 29.7 Å². The van der Waals surface area contributed by atoms with Gasteiger partial charge < -0.3 is 10.6 Å². The Morgan fingerprint density at radius 1 is 1.27 bits per heavy atom. The van der Waals surface area contributed by atoms with Gasteiger partial charge in [-0.1, -0.05) is 55.3 Å². The van der Waals surface area contributed by atoms with Crippen molar-refractivity contribution >= 4 is 28.9 Å². The molecule has 1 aliphatic heterocycles. The number of amides is 1. The Labute approximate surface area is 135 Å². The standard InChI is InChI=1S/C18H19ClN2O/c1-2-6-15(12-7-4-3-5-8-12)20-16-9-13(19)10-17-14(16)11-18(22)21-17/h3-5,7-10,15,20H,2,6,11H2,1H3,(H,21,22)/t15-/m1/s1. The van der Waals surface area contributed by atoms with Gasteiger partial charge in [0.25, 0.3) is 0 Å². The molecule has 114 valence electrons. The molecule has 0 aliphatic carbocycles. The number of halogens is 1. The van der Waals surface area contributed by atoms with Crippen molar-refractivity contribution in [1.82, 2.24) is 0 Å². The molecule has 0 radical (unpaired) electrons. The van der Waals surface area contributed by atoms with Gasteiger partial charge in [0.2, 0.25) is 5.91 Å². The number of nitrogens with one attached hydrogen (secondary N) is 2. The third-order valence-corrected chi connectivity index (χ3v) is 4.15. The molecular formula is C18H19ClN2O. The number of fused-ring (bicyclic) bond motifs is 1. The number of benzene rings is 2. The lowest BCUT2D eigenvalue weighted by molar-refractivity contribution is -0.115. The maximum Gasteiger partial charge on any atom is 0.228 e. The van der Waals surface area contributed by atoms with Crippen molar-refractivity contribution in [2.24, 2.45) is 0 Å². The highest BCUT2D eigenvalue weighted by molar-refractivity contribution is 6.31. The fourth-order valence-electron chi connectivity index (χ4n) is 2.91. The molecule has 1 aliphatic rings. The van der Waals surface area contributed by atoms with Crippen LogP contribution in [0.1, 0.15) is 36.9 Å². The van der Waals surface area contributed by atoms with Crippen LogP contribution < -0.4 is 10.6 Å². The fourth-order valence-corrected chi connectivity index (χ4v) is 3.12. The van der Waals surface area contributed by atoms with E-state index in [1.807, 2.05) is 30.3 Å². The van der Waals surface area contributed by atoms with Crippen molar-refractivity contribution in [2.45, 2.75) is 32.2 Å². The Balaban J connectivity index is 1.92. The normalized spacial score (nSPS) is 14.4. The zero-order chi connectivity index (χ0) is 15.5. The molecule has 22 heavy (non-hydrogen) atoms. The van der Waals surface area contributed by atoms with Gasteiger partial charge in [-0.25, -0.2) is 0 Å². The molecule has 0 fully saturated rings. The SMILES string of the molecule is CCC[C@@H](Nc1cc(Cl)cc2c1CC(=O)N2)c1ccccc1. The number of hydrogen-bond acceptors (Lipinski definition) is 2. The smallest absolute Gasteiger partial charge is 0.228 e. The predicted octanol–water partition coefficient (Wildman–Crippen LogP) is 4.79. The molecule has 0 aromatic heterocycles. The van der Waals surface area contributed by atoms with Crippen molar-refractivity contribution in [3.05, 3.63) is 58.6 Å². The summed E-state index contributed by atoms with van der Waals surface area (Å²) >= 11 is 6.19. The molecule has 2 aromatic carbocycles. The van der Waals surface area contributed by atoms with E-state index in [0.717, 1.165) is 29.8 Å². The lowest BCUT2D eigenvalue weighted by Crippen LogP contribution is -2.12. The third-order valence-electron chi connectivity index (χ3n) is 3.94. The van der Waals surface area contributed by atoms with Gasteiger partial charge in [0.1, 0.15) is 0 Å². The second-order valence-corrected chi connectivity index (χ2v) is 6.04. The summed E-state index contributed by atoms with van der Waals surface area (Å²) in [5.74, 6) is 0.0204. The summed E-state index contributed by atoms with van der Waals surface area (Å²) in [6.45, 7) is 2.17. The van der Waals surface area contributed by atoms with Gasteiger partial charge in [-0.2, -0.15) is 0 Å². The summed E-state index contributed by atoms with van der Waals surface area (Å²) in [5, 5.41) is 7.07. The van der Waals surface area contributed by atoms with E-state index in [9.17, 15) is 4.79 Å². The van der Waals surface area contributed by atoms with Gasteiger partial charge in [-0.3, -0.25) is 4.79 Å². The first kappa shape index (κ1) is 14.9. The first-order chi connectivity index (χ1) is 10.7. The molecule has 0 unspecified atom stereocenters. The quantitative estimate of drug-likeness (QED) is 0.833. The highest BCUT2D eigenvalue weighted by Gasteiger charge is 2.23. The van der Waals surface area contributed by atoms with E-state index in [-0.39, 0.29) is 11.9 Å². The summed E-state index contributed by atoms with van der Waals surface area (Å²) in [6, 6.07) is 14.3. The Morgan fingerprint density at radius 2 is 2.05 bits per heavy atom. The van der Waals surface area contributed by atoms with E-state index in [1.165, 1.54) is 5.56 Å². The molecule has 4 heteroatoms. The summed E-state index contributed by atoms with van der Waals surface area (Å²) in [6.07, 6.45) is 2.50. The lowest BCUT2D eigenvalue weighted by atomic mass is 10.0. The number of carbonyl (C=O) groups excluding carboxylic acids is 1. The molecule has 1 atom stereocenters. The topological polar surface area (TPSA) is 41.1 Å². The van der Waals surface area contributed by atoms with Crippen LogP contribution in [0, 0.1) is 0 Å². The van der Waals surface area contributed by atoms with Crippen LogP contribution in [0.5, 0.6) is 0 Å². The van der Waals surface area contributed by atoms with Crippen LogP contribution in [0.3, 0.4) is 0 Å². The van der Waals surface area contributed by atoms with Crippen molar-refractivity contribution in [3.63, 3.8) is 0 Å². The molecule has 0 bridgehead atoms. The minimum Gasteiger partial charge on any atom is -0.378 e. The molecule has 2 aromatic rings. The van der Waals surface area contributed by atoms with Crippen LogP contribution >= 0.6 is 11.6 Å². The Bertz CT molecular complexity index is 685. The van der Waals surface area contributed by atoms with Crippen LogP contribution in [-0.2, 0) is 11.2 Å². The van der Waals surface area contributed by atoms with E-state index < -0.39 is 0 Å². The van der Waals surface area contributed by atoms with Crippen molar-refractivity contribution in [3.8, 4) is 0 Å². The summed E-state index contributed by atoms with van der Waals surface area (Å²) in [7, 11) is 0. The van der Waals surface area contributed by atoms with E-state index >= 15 is 0 Å². The van der Waals surface area contributed by atoms with Gasteiger partial charge in [-0.05, 0) is 24.1 Å². The average molecular weight is 315 g/mol. The molecule has 1 heterocycles. The lowest BCUT2D eigenvalue weighted by Gasteiger charge is -2.22.